The van der Waals surface area contributed by atoms with Gasteiger partial charge in [-0.25, -0.2) is 0 Å². The lowest BCUT2D eigenvalue weighted by molar-refractivity contribution is 0.529. The zero-order valence-electron chi connectivity index (χ0n) is 18.0. The highest BCUT2D eigenvalue weighted by molar-refractivity contribution is 5.82. The van der Waals surface area contributed by atoms with Crippen LogP contribution in [-0.4, -0.2) is 18.9 Å². The zero-order valence-corrected chi connectivity index (χ0v) is 18.0. The number of rotatable bonds is 17. The molecule has 0 saturated heterocycles. The maximum absolute atomic E-state index is 4.64. The Morgan fingerprint density at radius 3 is 1.65 bits per heavy atom. The highest BCUT2D eigenvalue weighted by Crippen LogP contribution is 2.13. The SMILES string of the molecule is CCCCCCCCCCCCCCCCCCNC1=NCCCCC1. The van der Waals surface area contributed by atoms with Crippen LogP contribution >= 0.6 is 0 Å². The number of nitrogens with one attached hydrogen (secondary N) is 1. The summed E-state index contributed by atoms with van der Waals surface area (Å²) in [5.41, 5.74) is 0. The highest BCUT2D eigenvalue weighted by Gasteiger charge is 2.02. The first-order chi connectivity index (χ1) is 12.9. The molecule has 2 heteroatoms. The van der Waals surface area contributed by atoms with Crippen molar-refractivity contribution in [3.8, 4) is 0 Å². The fourth-order valence-corrected chi connectivity index (χ4v) is 3.92. The van der Waals surface area contributed by atoms with Gasteiger partial charge in [-0.3, -0.25) is 4.99 Å². The molecule has 1 N–H and O–H groups in total. The maximum atomic E-state index is 4.64. The predicted octanol–water partition coefficient (Wildman–Crippen LogP) is 7.81. The first-order valence-corrected chi connectivity index (χ1v) is 12.2. The van der Waals surface area contributed by atoms with Gasteiger partial charge in [-0.2, -0.15) is 0 Å². The molecule has 0 aliphatic carbocycles. The zero-order chi connectivity index (χ0) is 18.5. The van der Waals surface area contributed by atoms with Gasteiger partial charge in [0.1, 0.15) is 0 Å². The van der Waals surface area contributed by atoms with Gasteiger partial charge in [-0.05, 0) is 19.3 Å². The minimum atomic E-state index is 1.04. The summed E-state index contributed by atoms with van der Waals surface area (Å²) in [6, 6.07) is 0. The molecule has 0 bridgehead atoms. The molecule has 0 aromatic heterocycles. The molecular formula is C24H48N2. The molecule has 1 heterocycles. The van der Waals surface area contributed by atoms with E-state index in [4.69, 9.17) is 0 Å². The molecule has 26 heavy (non-hydrogen) atoms. The summed E-state index contributed by atoms with van der Waals surface area (Å²) in [4.78, 5) is 4.64. The molecular weight excluding hydrogens is 316 g/mol. The lowest BCUT2D eigenvalue weighted by atomic mass is 10.0. The molecule has 0 amide bonds. The molecule has 0 fully saturated rings. The lowest BCUT2D eigenvalue weighted by Crippen LogP contribution is -2.24. The van der Waals surface area contributed by atoms with Crippen LogP contribution in [0.25, 0.3) is 0 Å². The summed E-state index contributed by atoms with van der Waals surface area (Å²) in [6.07, 6.45) is 28.2. The van der Waals surface area contributed by atoms with Gasteiger partial charge >= 0.3 is 0 Å². The van der Waals surface area contributed by atoms with E-state index in [9.17, 15) is 0 Å². The van der Waals surface area contributed by atoms with Gasteiger partial charge in [0.05, 0.1) is 5.84 Å². The van der Waals surface area contributed by atoms with Crippen LogP contribution in [0, 0.1) is 0 Å². The average Bonchev–Trinajstić information content (AvgIpc) is 2.93. The Labute approximate surface area is 165 Å². The molecule has 0 spiro atoms. The van der Waals surface area contributed by atoms with Crippen molar-refractivity contribution in [2.45, 2.75) is 135 Å². The fraction of sp³-hybridized carbons (Fsp3) is 0.958. The predicted molar refractivity (Wildman–Crippen MR) is 118 cm³/mol. The molecule has 0 atom stereocenters. The van der Waals surface area contributed by atoms with Crippen LogP contribution in [0.15, 0.2) is 4.99 Å². The Balaban J connectivity index is 1.70. The van der Waals surface area contributed by atoms with Crippen LogP contribution in [0.1, 0.15) is 135 Å². The average molecular weight is 365 g/mol. The molecule has 1 aliphatic heterocycles. The first-order valence-electron chi connectivity index (χ1n) is 12.2. The van der Waals surface area contributed by atoms with E-state index in [1.807, 2.05) is 0 Å². The summed E-state index contributed by atoms with van der Waals surface area (Å²) in [5, 5.41) is 3.56. The van der Waals surface area contributed by atoms with E-state index in [1.54, 1.807) is 0 Å². The molecule has 0 aromatic carbocycles. The van der Waals surface area contributed by atoms with Gasteiger partial charge in [-0.15, -0.1) is 0 Å². The molecule has 1 aliphatic rings. The number of unbranched alkanes of at least 4 members (excludes halogenated alkanes) is 15. The van der Waals surface area contributed by atoms with Crippen molar-refractivity contribution < 1.29 is 0 Å². The van der Waals surface area contributed by atoms with Crippen molar-refractivity contribution in [1.82, 2.24) is 5.32 Å². The molecule has 2 nitrogen and oxygen atoms in total. The first kappa shape index (κ1) is 23.5. The van der Waals surface area contributed by atoms with E-state index in [1.165, 1.54) is 134 Å². The molecule has 0 saturated carbocycles. The van der Waals surface area contributed by atoms with E-state index >= 15 is 0 Å². The molecule has 0 radical (unpaired) electrons. The summed E-state index contributed by atoms with van der Waals surface area (Å²) in [5.74, 6) is 1.28. The van der Waals surface area contributed by atoms with Crippen molar-refractivity contribution in [3.63, 3.8) is 0 Å². The summed E-state index contributed by atoms with van der Waals surface area (Å²) in [7, 11) is 0. The Hall–Kier alpha value is -0.530. The van der Waals surface area contributed by atoms with E-state index < -0.39 is 0 Å². The highest BCUT2D eigenvalue weighted by atomic mass is 15.0. The molecule has 0 aromatic rings. The van der Waals surface area contributed by atoms with Crippen molar-refractivity contribution in [1.29, 1.82) is 0 Å². The number of hydrogen-bond acceptors (Lipinski definition) is 2. The Kier molecular flexibility index (Phi) is 17.4. The lowest BCUT2D eigenvalue weighted by Gasteiger charge is -2.08. The topological polar surface area (TPSA) is 24.4 Å². The largest absolute Gasteiger partial charge is 0.374 e. The number of amidine groups is 1. The quantitative estimate of drug-likeness (QED) is 0.261. The van der Waals surface area contributed by atoms with E-state index in [0.717, 1.165) is 13.1 Å². The number of hydrogen-bond donors (Lipinski definition) is 1. The van der Waals surface area contributed by atoms with Gasteiger partial charge in [0.15, 0.2) is 0 Å². The third kappa shape index (κ3) is 15.7. The second-order valence-electron chi connectivity index (χ2n) is 8.37. The summed E-state index contributed by atoms with van der Waals surface area (Å²) >= 11 is 0. The minimum Gasteiger partial charge on any atom is -0.374 e. The van der Waals surface area contributed by atoms with Crippen molar-refractivity contribution >= 4 is 5.84 Å². The minimum absolute atomic E-state index is 1.04. The van der Waals surface area contributed by atoms with Gasteiger partial charge in [0.25, 0.3) is 0 Å². The Morgan fingerprint density at radius 1 is 0.615 bits per heavy atom. The molecule has 154 valence electrons. The van der Waals surface area contributed by atoms with Crippen molar-refractivity contribution in [2.75, 3.05) is 13.1 Å². The van der Waals surface area contributed by atoms with Gasteiger partial charge in [0, 0.05) is 19.5 Å². The second kappa shape index (κ2) is 19.2. The fourth-order valence-electron chi connectivity index (χ4n) is 3.92. The van der Waals surface area contributed by atoms with Crippen molar-refractivity contribution in [2.24, 2.45) is 4.99 Å². The normalized spacial score (nSPS) is 14.9. The third-order valence-corrected chi connectivity index (χ3v) is 5.73. The smallest absolute Gasteiger partial charge is 0.0963 e. The van der Waals surface area contributed by atoms with E-state index in [0.29, 0.717) is 0 Å². The van der Waals surface area contributed by atoms with Gasteiger partial charge in [0.2, 0.25) is 0 Å². The molecule has 0 unspecified atom stereocenters. The van der Waals surface area contributed by atoms with Crippen LogP contribution in [0.5, 0.6) is 0 Å². The number of nitrogens with zero attached hydrogens (tertiary/aromatic N) is 1. The van der Waals surface area contributed by atoms with Gasteiger partial charge < -0.3 is 5.32 Å². The second-order valence-corrected chi connectivity index (χ2v) is 8.37. The van der Waals surface area contributed by atoms with Crippen molar-refractivity contribution in [3.05, 3.63) is 0 Å². The van der Waals surface area contributed by atoms with Crippen LogP contribution in [0.4, 0.5) is 0 Å². The summed E-state index contributed by atoms with van der Waals surface area (Å²) < 4.78 is 0. The number of aliphatic imine (C=N–C) groups is 1. The Morgan fingerprint density at radius 2 is 1.12 bits per heavy atom. The van der Waals surface area contributed by atoms with E-state index in [-0.39, 0.29) is 0 Å². The monoisotopic (exact) mass is 364 g/mol. The van der Waals surface area contributed by atoms with Crippen LogP contribution in [0.2, 0.25) is 0 Å². The summed E-state index contributed by atoms with van der Waals surface area (Å²) in [6.45, 7) is 4.48. The van der Waals surface area contributed by atoms with Gasteiger partial charge in [-0.1, -0.05) is 110 Å². The third-order valence-electron chi connectivity index (χ3n) is 5.73. The standard InChI is InChI=1S/C24H48N2/c1-2-3-4-5-6-7-8-9-10-11-12-13-14-15-16-19-22-25-24-21-18-17-20-23-26-24/h2-23H2,1H3,(H,25,26). The maximum Gasteiger partial charge on any atom is 0.0963 e. The van der Waals surface area contributed by atoms with Crippen LogP contribution < -0.4 is 5.32 Å². The Bertz CT molecular complexity index is 311. The van der Waals surface area contributed by atoms with Crippen LogP contribution in [-0.2, 0) is 0 Å². The van der Waals surface area contributed by atoms with Crippen LogP contribution in [0.3, 0.4) is 0 Å². The van der Waals surface area contributed by atoms with E-state index in [2.05, 4.69) is 17.2 Å². The molecule has 1 rings (SSSR count).